The van der Waals surface area contributed by atoms with Gasteiger partial charge in [0.1, 0.15) is 17.5 Å². The number of nitrogens with zero attached hydrogens (tertiary/aromatic N) is 1. The highest BCUT2D eigenvalue weighted by molar-refractivity contribution is 7.99. The molecule has 166 valence electrons. The first kappa shape index (κ1) is 22.7. The third kappa shape index (κ3) is 4.87. The summed E-state index contributed by atoms with van der Waals surface area (Å²) in [5.74, 6) is 0.533. The van der Waals surface area contributed by atoms with Crippen molar-refractivity contribution >= 4 is 35.2 Å². The van der Waals surface area contributed by atoms with Crippen LogP contribution in [0.15, 0.2) is 24.3 Å². The Bertz CT molecular complexity index is 984. The van der Waals surface area contributed by atoms with E-state index in [4.69, 9.17) is 9.47 Å². The molecule has 0 radical (unpaired) electrons. The van der Waals surface area contributed by atoms with Crippen LogP contribution < -0.4 is 10.1 Å². The fraction of sp³-hybridized carbons (Fsp3) is 0.409. The van der Waals surface area contributed by atoms with Crippen LogP contribution in [-0.4, -0.2) is 58.6 Å². The highest BCUT2D eigenvalue weighted by atomic mass is 32.2. The molecule has 1 aliphatic heterocycles. The summed E-state index contributed by atoms with van der Waals surface area (Å²) >= 11 is 1.51. The van der Waals surface area contributed by atoms with Gasteiger partial charge in [-0.05, 0) is 57.5 Å². The summed E-state index contributed by atoms with van der Waals surface area (Å²) in [6.45, 7) is 6.99. The number of H-pyrrole nitrogens is 1. The Labute approximate surface area is 185 Å². The number of anilines is 1. The van der Waals surface area contributed by atoms with Crippen molar-refractivity contribution in [2.24, 2.45) is 0 Å². The molecule has 0 aliphatic carbocycles. The van der Waals surface area contributed by atoms with E-state index in [1.807, 2.05) is 0 Å². The summed E-state index contributed by atoms with van der Waals surface area (Å²) in [6, 6.07) is 6.38. The Morgan fingerprint density at radius 1 is 1.19 bits per heavy atom. The van der Waals surface area contributed by atoms with Crippen LogP contribution in [0.25, 0.3) is 0 Å². The van der Waals surface area contributed by atoms with Crippen molar-refractivity contribution in [1.29, 1.82) is 0 Å². The molecule has 2 aromatic rings. The lowest BCUT2D eigenvalue weighted by molar-refractivity contribution is -0.119. The molecule has 1 saturated heterocycles. The second-order valence-corrected chi connectivity index (χ2v) is 8.59. The van der Waals surface area contributed by atoms with Crippen LogP contribution in [-0.2, 0) is 9.53 Å². The van der Waals surface area contributed by atoms with E-state index >= 15 is 0 Å². The summed E-state index contributed by atoms with van der Waals surface area (Å²) in [6.07, 6.45) is -0.263. The van der Waals surface area contributed by atoms with Crippen molar-refractivity contribution in [3.8, 4) is 5.75 Å². The van der Waals surface area contributed by atoms with E-state index in [-0.39, 0.29) is 17.9 Å². The fourth-order valence-electron chi connectivity index (χ4n) is 3.45. The van der Waals surface area contributed by atoms with Crippen molar-refractivity contribution in [2.75, 3.05) is 24.1 Å². The van der Waals surface area contributed by atoms with E-state index < -0.39 is 12.0 Å². The van der Waals surface area contributed by atoms with E-state index in [1.165, 1.54) is 16.7 Å². The Morgan fingerprint density at radius 3 is 2.48 bits per heavy atom. The smallest absolute Gasteiger partial charge is 0.340 e. The van der Waals surface area contributed by atoms with Gasteiger partial charge in [0.2, 0.25) is 5.91 Å². The number of amides is 2. The van der Waals surface area contributed by atoms with Crippen LogP contribution >= 0.6 is 11.8 Å². The number of rotatable bonds is 6. The van der Waals surface area contributed by atoms with Gasteiger partial charge in [-0.3, -0.25) is 9.59 Å². The lowest BCUT2D eigenvalue weighted by Crippen LogP contribution is -2.44. The van der Waals surface area contributed by atoms with Gasteiger partial charge in [0.05, 0.1) is 24.7 Å². The van der Waals surface area contributed by atoms with Crippen LogP contribution in [0.1, 0.15) is 46.0 Å². The van der Waals surface area contributed by atoms with Crippen molar-refractivity contribution in [1.82, 2.24) is 9.88 Å². The minimum absolute atomic E-state index is 0.260. The molecule has 1 aliphatic rings. The SMILES string of the molecule is COc1ccc(NC(=O)C2CSCN2C(=O)c2[nH]c(C)c(C(=O)OC(C)C)c2C)cc1. The maximum atomic E-state index is 13.3. The number of methoxy groups -OCH3 is 1. The molecule has 1 atom stereocenters. The zero-order valence-electron chi connectivity index (χ0n) is 18.3. The molecule has 0 spiro atoms. The summed E-state index contributed by atoms with van der Waals surface area (Å²) in [5.41, 5.74) is 2.39. The average Bonchev–Trinajstić information content (AvgIpc) is 3.32. The van der Waals surface area contributed by atoms with Crippen LogP contribution in [0.5, 0.6) is 5.75 Å². The summed E-state index contributed by atoms with van der Waals surface area (Å²) in [4.78, 5) is 43.1. The Kier molecular flexibility index (Phi) is 6.94. The topological polar surface area (TPSA) is 101 Å². The minimum atomic E-state index is -0.617. The second-order valence-electron chi connectivity index (χ2n) is 7.59. The monoisotopic (exact) mass is 445 g/mol. The van der Waals surface area contributed by atoms with Gasteiger partial charge in [-0.15, -0.1) is 11.8 Å². The van der Waals surface area contributed by atoms with E-state index in [0.717, 1.165) is 0 Å². The number of hydrogen-bond donors (Lipinski definition) is 2. The third-order valence-electron chi connectivity index (χ3n) is 5.00. The van der Waals surface area contributed by atoms with Crippen molar-refractivity contribution in [2.45, 2.75) is 39.8 Å². The van der Waals surface area contributed by atoms with Crippen LogP contribution in [0.3, 0.4) is 0 Å². The first-order valence-electron chi connectivity index (χ1n) is 9.96. The summed E-state index contributed by atoms with van der Waals surface area (Å²) < 4.78 is 10.4. The zero-order valence-corrected chi connectivity index (χ0v) is 19.1. The maximum absolute atomic E-state index is 13.3. The number of hydrogen-bond acceptors (Lipinski definition) is 6. The van der Waals surface area contributed by atoms with E-state index in [1.54, 1.807) is 59.1 Å². The molecule has 0 saturated carbocycles. The quantitative estimate of drug-likeness (QED) is 0.662. The lowest BCUT2D eigenvalue weighted by atomic mass is 10.1. The van der Waals surface area contributed by atoms with Gasteiger partial charge in [-0.1, -0.05) is 0 Å². The van der Waals surface area contributed by atoms with Gasteiger partial charge in [0.25, 0.3) is 5.91 Å². The molecular weight excluding hydrogens is 418 g/mol. The average molecular weight is 446 g/mol. The molecule has 1 aromatic carbocycles. The number of thioether (sulfide) groups is 1. The highest BCUT2D eigenvalue weighted by Crippen LogP contribution is 2.27. The Morgan fingerprint density at radius 2 is 1.87 bits per heavy atom. The second kappa shape index (κ2) is 9.47. The zero-order chi connectivity index (χ0) is 22.7. The van der Waals surface area contributed by atoms with Gasteiger partial charge >= 0.3 is 5.97 Å². The number of aromatic amines is 1. The predicted octanol–water partition coefficient (Wildman–Crippen LogP) is 3.36. The number of carbonyl (C=O) groups is 3. The van der Waals surface area contributed by atoms with Gasteiger partial charge in [-0.25, -0.2) is 4.79 Å². The maximum Gasteiger partial charge on any atom is 0.340 e. The molecular formula is C22H27N3O5S. The molecule has 1 unspecified atom stereocenters. The molecule has 1 aromatic heterocycles. The first-order chi connectivity index (χ1) is 14.7. The molecule has 2 N–H and O–H groups in total. The number of esters is 1. The largest absolute Gasteiger partial charge is 0.497 e. The number of ether oxygens (including phenoxy) is 2. The molecule has 1 fully saturated rings. The number of nitrogens with one attached hydrogen (secondary N) is 2. The van der Waals surface area contributed by atoms with Crippen LogP contribution in [0.4, 0.5) is 5.69 Å². The fourth-order valence-corrected chi connectivity index (χ4v) is 4.60. The molecule has 0 bridgehead atoms. The lowest BCUT2D eigenvalue weighted by Gasteiger charge is -2.23. The van der Waals surface area contributed by atoms with E-state index in [0.29, 0.717) is 45.6 Å². The van der Waals surface area contributed by atoms with Gasteiger partial charge in [0.15, 0.2) is 0 Å². The summed E-state index contributed by atoms with van der Waals surface area (Å²) in [7, 11) is 1.57. The number of benzene rings is 1. The van der Waals surface area contributed by atoms with E-state index in [9.17, 15) is 14.4 Å². The molecule has 3 rings (SSSR count). The Hall–Kier alpha value is -2.94. The summed E-state index contributed by atoms with van der Waals surface area (Å²) in [5, 5.41) is 2.86. The number of aromatic nitrogens is 1. The van der Waals surface area contributed by atoms with Gasteiger partial charge in [-0.2, -0.15) is 0 Å². The number of carbonyl (C=O) groups excluding carboxylic acids is 3. The Balaban J connectivity index is 1.77. The molecule has 2 heterocycles. The van der Waals surface area contributed by atoms with E-state index in [2.05, 4.69) is 10.3 Å². The molecule has 8 nitrogen and oxygen atoms in total. The van der Waals surface area contributed by atoms with Crippen LogP contribution in [0, 0.1) is 13.8 Å². The molecule has 31 heavy (non-hydrogen) atoms. The highest BCUT2D eigenvalue weighted by Gasteiger charge is 2.37. The first-order valence-corrected chi connectivity index (χ1v) is 11.1. The van der Waals surface area contributed by atoms with Crippen molar-refractivity contribution in [3.05, 3.63) is 46.8 Å². The van der Waals surface area contributed by atoms with Gasteiger partial charge in [0, 0.05) is 17.1 Å². The van der Waals surface area contributed by atoms with Crippen molar-refractivity contribution < 1.29 is 23.9 Å². The van der Waals surface area contributed by atoms with Crippen LogP contribution in [0.2, 0.25) is 0 Å². The predicted molar refractivity (Wildman–Crippen MR) is 120 cm³/mol. The van der Waals surface area contributed by atoms with Crippen molar-refractivity contribution in [3.63, 3.8) is 0 Å². The molecule has 2 amide bonds. The normalized spacial score (nSPS) is 15.8. The van der Waals surface area contributed by atoms with Gasteiger partial charge < -0.3 is 24.7 Å². The number of aryl methyl sites for hydroxylation is 1. The molecule has 9 heteroatoms. The third-order valence-corrected chi connectivity index (χ3v) is 6.01. The minimum Gasteiger partial charge on any atom is -0.497 e. The standard InChI is InChI=1S/C22H27N3O5S/c1-12(2)30-22(28)18-13(3)19(23-14(18)4)21(27)25-11-31-10-17(25)20(26)24-15-6-8-16(29-5)9-7-15/h6-9,12,17,23H,10-11H2,1-5H3,(H,24,26).